The highest BCUT2D eigenvalue weighted by atomic mass is 32.1. The Hall–Kier alpha value is -3.38. The summed E-state index contributed by atoms with van der Waals surface area (Å²) in [5, 5.41) is 12.7. The standard InChI is InChI=1S/C23H18N2O3S/c1-28-19-8-7-14(12-18(19)26)11-16-9-10-25-21(16)24-22-20(23(25)27)17(13-29-22)15-5-3-2-4-6-15/h2-8,11-13,26H,9-10H2,1H3/b16-11-. The van der Waals surface area contributed by atoms with Gasteiger partial charge in [0.15, 0.2) is 11.5 Å². The summed E-state index contributed by atoms with van der Waals surface area (Å²) in [4.78, 5) is 18.8. The number of rotatable bonds is 3. The summed E-state index contributed by atoms with van der Waals surface area (Å²) in [5.74, 6) is 1.23. The van der Waals surface area contributed by atoms with Crippen LogP contribution in [0.4, 0.5) is 0 Å². The molecule has 0 spiro atoms. The van der Waals surface area contributed by atoms with Crippen LogP contribution < -0.4 is 10.3 Å². The first kappa shape index (κ1) is 17.7. The number of allylic oxidation sites excluding steroid dienone is 1. The molecule has 0 radical (unpaired) electrons. The molecule has 0 unspecified atom stereocenters. The third kappa shape index (κ3) is 2.93. The van der Waals surface area contributed by atoms with E-state index in [-0.39, 0.29) is 11.3 Å². The van der Waals surface area contributed by atoms with Crippen LogP contribution in [0.5, 0.6) is 11.5 Å². The Labute approximate surface area is 171 Å². The maximum atomic E-state index is 13.3. The number of phenols is 1. The number of aromatic hydroxyl groups is 1. The molecule has 144 valence electrons. The Kier molecular flexibility index (Phi) is 4.21. The largest absolute Gasteiger partial charge is 0.504 e. The van der Waals surface area contributed by atoms with Gasteiger partial charge in [-0.2, -0.15) is 0 Å². The molecule has 3 heterocycles. The molecule has 0 bridgehead atoms. The van der Waals surface area contributed by atoms with Gasteiger partial charge < -0.3 is 9.84 Å². The summed E-state index contributed by atoms with van der Waals surface area (Å²) in [7, 11) is 1.52. The fourth-order valence-electron chi connectivity index (χ4n) is 3.79. The molecule has 0 fully saturated rings. The van der Waals surface area contributed by atoms with Gasteiger partial charge in [0.05, 0.1) is 12.5 Å². The van der Waals surface area contributed by atoms with E-state index >= 15 is 0 Å². The highest BCUT2D eigenvalue weighted by molar-refractivity contribution is 7.17. The topological polar surface area (TPSA) is 64.4 Å². The van der Waals surface area contributed by atoms with Crippen LogP contribution in [0.1, 0.15) is 17.8 Å². The van der Waals surface area contributed by atoms with E-state index in [4.69, 9.17) is 9.72 Å². The lowest BCUT2D eigenvalue weighted by molar-refractivity contribution is 0.373. The van der Waals surface area contributed by atoms with Crippen molar-refractivity contribution in [2.24, 2.45) is 0 Å². The van der Waals surface area contributed by atoms with E-state index in [1.54, 1.807) is 16.7 Å². The SMILES string of the molecule is COc1ccc(/C=C2/CCn3c2nc2scc(-c4ccccc4)c2c3=O)cc1O. The molecule has 0 amide bonds. The van der Waals surface area contributed by atoms with Gasteiger partial charge in [-0.25, -0.2) is 4.98 Å². The zero-order chi connectivity index (χ0) is 20.0. The summed E-state index contributed by atoms with van der Waals surface area (Å²) in [6.45, 7) is 0.606. The first-order valence-corrected chi connectivity index (χ1v) is 10.2. The van der Waals surface area contributed by atoms with Gasteiger partial charge in [-0.1, -0.05) is 36.4 Å². The van der Waals surface area contributed by atoms with E-state index in [0.717, 1.165) is 33.5 Å². The number of hydrogen-bond acceptors (Lipinski definition) is 5. The van der Waals surface area contributed by atoms with Crippen LogP contribution in [0.15, 0.2) is 58.7 Å². The van der Waals surface area contributed by atoms with Gasteiger partial charge in [0.1, 0.15) is 10.7 Å². The molecule has 2 aromatic heterocycles. The zero-order valence-corrected chi connectivity index (χ0v) is 16.6. The summed E-state index contributed by atoms with van der Waals surface area (Å²) in [6.07, 6.45) is 2.70. The predicted octanol–water partition coefficient (Wildman–Crippen LogP) is 4.78. The highest BCUT2D eigenvalue weighted by Gasteiger charge is 2.23. The van der Waals surface area contributed by atoms with Gasteiger partial charge in [-0.3, -0.25) is 9.36 Å². The van der Waals surface area contributed by atoms with E-state index in [9.17, 15) is 9.90 Å². The summed E-state index contributed by atoms with van der Waals surface area (Å²) < 4.78 is 6.86. The van der Waals surface area contributed by atoms with Crippen molar-refractivity contribution < 1.29 is 9.84 Å². The van der Waals surface area contributed by atoms with E-state index in [1.165, 1.54) is 18.4 Å². The third-order valence-corrected chi connectivity index (χ3v) is 6.09. The molecule has 0 aliphatic carbocycles. The van der Waals surface area contributed by atoms with E-state index in [2.05, 4.69) is 0 Å². The Morgan fingerprint density at radius 3 is 2.79 bits per heavy atom. The van der Waals surface area contributed by atoms with Gasteiger partial charge in [0.25, 0.3) is 5.56 Å². The molecular weight excluding hydrogens is 384 g/mol. The molecule has 0 saturated carbocycles. The van der Waals surface area contributed by atoms with Crippen molar-refractivity contribution in [1.82, 2.24) is 9.55 Å². The summed E-state index contributed by atoms with van der Waals surface area (Å²) >= 11 is 1.50. The number of ether oxygens (including phenoxy) is 1. The molecule has 29 heavy (non-hydrogen) atoms. The maximum absolute atomic E-state index is 13.3. The average molecular weight is 402 g/mol. The number of fused-ring (bicyclic) bond motifs is 2. The average Bonchev–Trinajstić information content (AvgIpc) is 3.34. The van der Waals surface area contributed by atoms with E-state index in [0.29, 0.717) is 23.5 Å². The fourth-order valence-corrected chi connectivity index (χ4v) is 4.72. The molecular formula is C23H18N2O3S. The smallest absolute Gasteiger partial charge is 0.263 e. The van der Waals surface area contributed by atoms with Crippen molar-refractivity contribution in [3.8, 4) is 22.6 Å². The lowest BCUT2D eigenvalue weighted by atomic mass is 10.1. The van der Waals surface area contributed by atoms with Crippen molar-refractivity contribution >= 4 is 33.2 Å². The number of methoxy groups -OCH3 is 1. The molecule has 4 aromatic rings. The Balaban J connectivity index is 1.63. The van der Waals surface area contributed by atoms with Crippen molar-refractivity contribution in [2.45, 2.75) is 13.0 Å². The van der Waals surface area contributed by atoms with Crippen molar-refractivity contribution in [3.63, 3.8) is 0 Å². The molecule has 6 heteroatoms. The first-order valence-electron chi connectivity index (χ1n) is 9.31. The van der Waals surface area contributed by atoms with Gasteiger partial charge >= 0.3 is 0 Å². The molecule has 0 atom stereocenters. The lowest BCUT2D eigenvalue weighted by Gasteiger charge is -2.06. The first-order chi connectivity index (χ1) is 14.2. The molecule has 0 saturated heterocycles. The second-order valence-corrected chi connectivity index (χ2v) is 7.80. The minimum absolute atomic E-state index is 0.00563. The summed E-state index contributed by atoms with van der Waals surface area (Å²) in [6, 6.07) is 15.2. The van der Waals surface area contributed by atoms with Crippen LogP contribution in [0.3, 0.4) is 0 Å². The van der Waals surface area contributed by atoms with Gasteiger partial charge in [-0.15, -0.1) is 11.3 Å². The van der Waals surface area contributed by atoms with Crippen LogP contribution in [0.25, 0.3) is 33.0 Å². The van der Waals surface area contributed by atoms with Gasteiger partial charge in [0, 0.05) is 17.5 Å². The molecule has 5 rings (SSSR count). The lowest BCUT2D eigenvalue weighted by Crippen LogP contribution is -2.20. The van der Waals surface area contributed by atoms with Gasteiger partial charge in [-0.05, 0) is 41.3 Å². The van der Waals surface area contributed by atoms with Gasteiger partial charge in [0.2, 0.25) is 0 Å². The minimum Gasteiger partial charge on any atom is -0.504 e. The Morgan fingerprint density at radius 1 is 1.21 bits per heavy atom. The van der Waals surface area contributed by atoms with Crippen molar-refractivity contribution in [2.75, 3.05) is 7.11 Å². The predicted molar refractivity (Wildman–Crippen MR) is 116 cm³/mol. The Morgan fingerprint density at radius 2 is 2.03 bits per heavy atom. The number of benzene rings is 2. The van der Waals surface area contributed by atoms with Crippen molar-refractivity contribution in [3.05, 3.63) is 75.7 Å². The van der Waals surface area contributed by atoms with Crippen LogP contribution in [0.2, 0.25) is 0 Å². The molecule has 1 N–H and O–H groups in total. The number of hydrogen-bond donors (Lipinski definition) is 1. The second kappa shape index (κ2) is 6.90. The second-order valence-electron chi connectivity index (χ2n) is 6.94. The number of phenolic OH excluding ortho intramolecular Hbond substituents is 1. The minimum atomic E-state index is 0.00563. The quantitative estimate of drug-likeness (QED) is 0.535. The van der Waals surface area contributed by atoms with Crippen LogP contribution >= 0.6 is 11.3 Å². The highest BCUT2D eigenvalue weighted by Crippen LogP contribution is 2.35. The monoisotopic (exact) mass is 402 g/mol. The van der Waals surface area contributed by atoms with Crippen molar-refractivity contribution in [1.29, 1.82) is 0 Å². The molecule has 1 aliphatic rings. The normalized spacial score (nSPS) is 14.4. The number of nitrogens with zero attached hydrogens (tertiary/aromatic N) is 2. The number of thiophene rings is 1. The van der Waals surface area contributed by atoms with Crippen LogP contribution in [-0.4, -0.2) is 21.8 Å². The zero-order valence-electron chi connectivity index (χ0n) is 15.8. The van der Waals surface area contributed by atoms with E-state index in [1.807, 2.05) is 47.9 Å². The number of aromatic nitrogens is 2. The third-order valence-electron chi connectivity index (χ3n) is 5.21. The molecule has 5 nitrogen and oxygen atoms in total. The molecule has 2 aromatic carbocycles. The van der Waals surface area contributed by atoms with Crippen LogP contribution in [0, 0.1) is 0 Å². The van der Waals surface area contributed by atoms with Crippen LogP contribution in [-0.2, 0) is 6.54 Å². The molecule has 1 aliphatic heterocycles. The summed E-state index contributed by atoms with van der Waals surface area (Å²) in [5.41, 5.74) is 3.81. The Bertz CT molecular complexity index is 1320. The van der Waals surface area contributed by atoms with E-state index < -0.39 is 0 Å². The maximum Gasteiger partial charge on any atom is 0.263 e. The fraction of sp³-hybridized carbons (Fsp3) is 0.130.